The highest BCUT2D eigenvalue weighted by Crippen LogP contribution is 2.35. The number of piperidine rings is 1. The molecule has 0 radical (unpaired) electrons. The number of nitrogens with one attached hydrogen (secondary N) is 1. The van der Waals surface area contributed by atoms with Gasteiger partial charge in [-0.2, -0.15) is 8.42 Å². The highest BCUT2D eigenvalue weighted by Gasteiger charge is 2.22. The molecule has 2 aromatic carbocycles. The maximum atomic E-state index is 10.5. The number of hydrogen-bond acceptors (Lipinski definition) is 8. The number of ether oxygens (including phenoxy) is 3. The van der Waals surface area contributed by atoms with Crippen LogP contribution in [0.4, 0.5) is 0 Å². The van der Waals surface area contributed by atoms with Gasteiger partial charge in [0.2, 0.25) is 0 Å². The Bertz CT molecular complexity index is 1170. The van der Waals surface area contributed by atoms with Crippen LogP contribution in [0.3, 0.4) is 0 Å². The summed E-state index contributed by atoms with van der Waals surface area (Å²) in [7, 11) is -4.02. The Kier molecular flexibility index (Phi) is 8.04. The van der Waals surface area contributed by atoms with Crippen LogP contribution in [-0.2, 0) is 14.9 Å². The van der Waals surface area contributed by atoms with Gasteiger partial charge in [0.25, 0.3) is 16.0 Å². The minimum atomic E-state index is -4.02. The fraction of sp³-hybridized carbons (Fsp3) is 0.458. The van der Waals surface area contributed by atoms with E-state index in [2.05, 4.69) is 10.5 Å². The summed E-state index contributed by atoms with van der Waals surface area (Å²) in [6, 6.07) is 11.7. The molecule has 5 rings (SSSR count). The molecule has 9 nitrogen and oxygen atoms in total. The molecule has 184 valence electrons. The number of benzene rings is 2. The molecule has 0 unspecified atom stereocenters. The van der Waals surface area contributed by atoms with Crippen LogP contribution in [0.1, 0.15) is 24.8 Å². The first-order chi connectivity index (χ1) is 16.4. The normalized spacial score (nSPS) is 18.9. The van der Waals surface area contributed by atoms with Crippen LogP contribution in [0.2, 0.25) is 0 Å². The Morgan fingerprint density at radius 2 is 1.88 bits per heavy atom. The fourth-order valence-corrected chi connectivity index (χ4v) is 4.35. The van der Waals surface area contributed by atoms with Gasteiger partial charge < -0.3 is 24.1 Å². The summed E-state index contributed by atoms with van der Waals surface area (Å²) in [5.74, 6) is 1.87. The lowest BCUT2D eigenvalue weighted by Gasteiger charge is -2.22. The topological polar surface area (TPSA) is 120 Å². The summed E-state index contributed by atoms with van der Waals surface area (Å²) in [6.07, 6.45) is 3.28. The summed E-state index contributed by atoms with van der Waals surface area (Å²) < 4.78 is 52.4. The van der Waals surface area contributed by atoms with E-state index in [1.807, 2.05) is 25.1 Å². The largest absolute Gasteiger partial charge is 0.487 e. The van der Waals surface area contributed by atoms with Gasteiger partial charge >= 0.3 is 0 Å². The van der Waals surface area contributed by atoms with Crippen LogP contribution >= 0.6 is 0 Å². The van der Waals surface area contributed by atoms with Crippen molar-refractivity contribution in [3.63, 3.8) is 0 Å². The fourth-order valence-electron chi connectivity index (χ4n) is 3.87. The molecule has 2 fully saturated rings. The molecular weight excluding hydrogens is 460 g/mol. The molecule has 2 aliphatic heterocycles. The molecule has 3 heterocycles. The van der Waals surface area contributed by atoms with Gasteiger partial charge in [0.15, 0.2) is 5.58 Å². The molecule has 0 aliphatic carbocycles. The van der Waals surface area contributed by atoms with E-state index in [1.54, 1.807) is 12.1 Å². The highest BCUT2D eigenvalue weighted by atomic mass is 32.2. The smallest absolute Gasteiger partial charge is 0.294 e. The zero-order valence-electron chi connectivity index (χ0n) is 19.1. The molecule has 0 amide bonds. The van der Waals surface area contributed by atoms with Crippen LogP contribution < -0.4 is 14.8 Å². The second-order valence-electron chi connectivity index (χ2n) is 8.51. The van der Waals surface area contributed by atoms with Crippen molar-refractivity contribution in [2.45, 2.75) is 37.2 Å². The van der Waals surface area contributed by atoms with E-state index < -0.39 is 10.1 Å². The molecular formula is C24H30N2O7S. The SMILES string of the molecule is Cc1ccc(S(=O)(=O)O)cc1.c1cc(O[C@@H]2CCOC2)c2c(OCC3CCNCC3)noc2c1. The Morgan fingerprint density at radius 3 is 2.56 bits per heavy atom. The third kappa shape index (κ3) is 6.47. The van der Waals surface area contributed by atoms with Gasteiger partial charge in [-0.1, -0.05) is 23.8 Å². The van der Waals surface area contributed by atoms with Crippen LogP contribution in [-0.4, -0.2) is 57.1 Å². The summed E-state index contributed by atoms with van der Waals surface area (Å²) in [5.41, 5.74) is 1.65. The first kappa shape index (κ1) is 24.5. The molecule has 2 aliphatic rings. The highest BCUT2D eigenvalue weighted by molar-refractivity contribution is 7.85. The number of nitrogens with zero attached hydrogens (tertiary/aromatic N) is 1. The van der Waals surface area contributed by atoms with Gasteiger partial charge in [-0.25, -0.2) is 0 Å². The number of aryl methyl sites for hydroxylation is 1. The van der Waals surface area contributed by atoms with Crippen molar-refractivity contribution in [2.24, 2.45) is 5.92 Å². The molecule has 34 heavy (non-hydrogen) atoms. The van der Waals surface area contributed by atoms with Gasteiger partial charge in [-0.05, 0) is 68.2 Å². The number of fused-ring (bicyclic) bond motifs is 1. The van der Waals surface area contributed by atoms with Crippen molar-refractivity contribution >= 4 is 21.1 Å². The van der Waals surface area contributed by atoms with E-state index in [1.165, 1.54) is 12.1 Å². The van der Waals surface area contributed by atoms with E-state index in [9.17, 15) is 8.42 Å². The Morgan fingerprint density at radius 1 is 1.12 bits per heavy atom. The molecule has 0 saturated carbocycles. The monoisotopic (exact) mass is 490 g/mol. The Hall–Kier alpha value is -2.66. The van der Waals surface area contributed by atoms with Crippen molar-refractivity contribution in [1.29, 1.82) is 0 Å². The summed E-state index contributed by atoms with van der Waals surface area (Å²) >= 11 is 0. The maximum Gasteiger partial charge on any atom is 0.294 e. The van der Waals surface area contributed by atoms with E-state index in [-0.39, 0.29) is 11.0 Å². The van der Waals surface area contributed by atoms with Crippen LogP contribution in [0.15, 0.2) is 51.9 Å². The van der Waals surface area contributed by atoms with Crippen molar-refractivity contribution in [1.82, 2.24) is 10.5 Å². The molecule has 10 heteroatoms. The molecule has 3 aromatic rings. The van der Waals surface area contributed by atoms with E-state index in [4.69, 9.17) is 23.3 Å². The van der Waals surface area contributed by atoms with Gasteiger partial charge in [-0.15, -0.1) is 0 Å². The zero-order valence-corrected chi connectivity index (χ0v) is 19.9. The van der Waals surface area contributed by atoms with Gasteiger partial charge in [0.05, 0.1) is 24.7 Å². The van der Waals surface area contributed by atoms with E-state index in [0.717, 1.165) is 55.7 Å². The van der Waals surface area contributed by atoms with Crippen LogP contribution in [0, 0.1) is 12.8 Å². The predicted octanol–water partition coefficient (Wildman–Crippen LogP) is 3.62. The lowest BCUT2D eigenvalue weighted by atomic mass is 9.99. The predicted molar refractivity (Wildman–Crippen MR) is 126 cm³/mol. The zero-order chi connectivity index (χ0) is 24.0. The van der Waals surface area contributed by atoms with Crippen LogP contribution in [0.5, 0.6) is 11.6 Å². The third-order valence-corrected chi connectivity index (χ3v) is 6.71. The lowest BCUT2D eigenvalue weighted by molar-refractivity contribution is 0.142. The van der Waals surface area contributed by atoms with E-state index >= 15 is 0 Å². The summed E-state index contributed by atoms with van der Waals surface area (Å²) in [6.45, 7) is 6.02. The van der Waals surface area contributed by atoms with Crippen molar-refractivity contribution < 1.29 is 31.7 Å². The Balaban J connectivity index is 0.000000210. The first-order valence-corrected chi connectivity index (χ1v) is 12.8. The van der Waals surface area contributed by atoms with Gasteiger partial charge in [0.1, 0.15) is 17.2 Å². The Labute approximate surface area is 199 Å². The molecule has 2 N–H and O–H groups in total. The minimum Gasteiger partial charge on any atom is -0.487 e. The number of rotatable bonds is 6. The molecule has 0 bridgehead atoms. The second-order valence-corrected chi connectivity index (χ2v) is 9.93. The van der Waals surface area contributed by atoms with E-state index in [0.29, 0.717) is 30.6 Å². The molecule has 2 saturated heterocycles. The average Bonchev–Trinajstić information content (AvgIpc) is 3.49. The summed E-state index contributed by atoms with van der Waals surface area (Å²) in [4.78, 5) is -0.0666. The maximum absolute atomic E-state index is 10.5. The third-order valence-electron chi connectivity index (χ3n) is 5.84. The van der Waals surface area contributed by atoms with Gasteiger partial charge in [0, 0.05) is 6.42 Å². The quantitative estimate of drug-likeness (QED) is 0.499. The van der Waals surface area contributed by atoms with Crippen molar-refractivity contribution in [3.05, 3.63) is 48.0 Å². The molecule has 1 aromatic heterocycles. The standard InChI is InChI=1S/C17H22N2O4.C7H8O3S/c1-2-14(22-13-6-9-20-11-13)16-15(3-1)23-19-17(16)21-10-12-4-7-18-8-5-12;1-6-2-4-7(5-3-6)11(8,9)10/h1-3,12-13,18H,4-11H2;2-5H,1H3,(H,8,9,10)/t13-;/m1./s1. The van der Waals surface area contributed by atoms with Crippen molar-refractivity contribution in [2.75, 3.05) is 32.9 Å². The van der Waals surface area contributed by atoms with Gasteiger partial charge in [-0.3, -0.25) is 4.55 Å². The average molecular weight is 491 g/mol. The lowest BCUT2D eigenvalue weighted by Crippen LogP contribution is -2.30. The number of hydrogen-bond donors (Lipinski definition) is 2. The molecule has 0 spiro atoms. The molecule has 1 atom stereocenters. The summed E-state index contributed by atoms with van der Waals surface area (Å²) in [5, 5.41) is 8.28. The van der Waals surface area contributed by atoms with Crippen LogP contribution in [0.25, 0.3) is 11.0 Å². The second kappa shape index (κ2) is 11.2. The van der Waals surface area contributed by atoms with Crippen molar-refractivity contribution in [3.8, 4) is 11.6 Å². The first-order valence-electron chi connectivity index (χ1n) is 11.4. The minimum absolute atomic E-state index is 0.0666. The number of aromatic nitrogens is 1.